The Balaban J connectivity index is 2.54. The lowest BCUT2D eigenvalue weighted by atomic mass is 10.1. The van der Waals surface area contributed by atoms with E-state index in [4.69, 9.17) is 5.11 Å². The number of hydrogen-bond acceptors (Lipinski definition) is 4. The first-order valence-electron chi connectivity index (χ1n) is 4.45. The molecule has 4 nitrogen and oxygen atoms in total. The van der Waals surface area contributed by atoms with E-state index in [-0.39, 0.29) is 5.69 Å². The highest BCUT2D eigenvalue weighted by Crippen LogP contribution is 2.26. The van der Waals surface area contributed by atoms with Gasteiger partial charge in [0.1, 0.15) is 0 Å². The molecule has 0 radical (unpaired) electrons. The summed E-state index contributed by atoms with van der Waals surface area (Å²) in [6.45, 7) is 0. The lowest BCUT2D eigenvalue weighted by Crippen LogP contribution is -2.01. The average Bonchev–Trinajstić information content (AvgIpc) is 2.77. The first kappa shape index (κ1) is 10.5. The van der Waals surface area contributed by atoms with Crippen LogP contribution in [0.5, 0.6) is 0 Å². The van der Waals surface area contributed by atoms with Crippen molar-refractivity contribution >= 4 is 23.6 Å². The van der Waals surface area contributed by atoms with Crippen molar-refractivity contribution in [1.82, 2.24) is 4.98 Å². The zero-order valence-corrected chi connectivity index (χ0v) is 8.90. The third kappa shape index (κ3) is 1.85. The van der Waals surface area contributed by atoms with Gasteiger partial charge in [-0.1, -0.05) is 6.07 Å². The normalized spacial score (nSPS) is 10.0. The minimum Gasteiger partial charge on any atom is -0.476 e. The highest BCUT2D eigenvalue weighted by molar-refractivity contribution is 7.12. The number of aromatic nitrogens is 1. The van der Waals surface area contributed by atoms with Crippen LogP contribution in [0.1, 0.15) is 20.2 Å². The van der Waals surface area contributed by atoms with E-state index in [1.54, 1.807) is 23.6 Å². The number of hydrogen-bond donors (Lipinski definition) is 1. The number of aldehydes is 1. The van der Waals surface area contributed by atoms with Crippen molar-refractivity contribution in [1.29, 1.82) is 0 Å². The molecule has 0 aliphatic carbocycles. The highest BCUT2D eigenvalue weighted by atomic mass is 32.1. The van der Waals surface area contributed by atoms with E-state index < -0.39 is 5.97 Å². The van der Waals surface area contributed by atoms with Crippen LogP contribution in [0.3, 0.4) is 0 Å². The molecule has 0 bridgehead atoms. The molecule has 0 unspecified atom stereocenters. The average molecular weight is 233 g/mol. The maximum atomic E-state index is 10.9. The third-order valence-corrected chi connectivity index (χ3v) is 2.92. The molecule has 2 rings (SSSR count). The molecule has 0 saturated heterocycles. The van der Waals surface area contributed by atoms with Gasteiger partial charge in [-0.15, -0.1) is 11.3 Å². The molecule has 0 aliphatic heterocycles. The van der Waals surface area contributed by atoms with Gasteiger partial charge in [-0.2, -0.15) is 0 Å². The van der Waals surface area contributed by atoms with E-state index in [2.05, 4.69) is 4.98 Å². The van der Waals surface area contributed by atoms with Gasteiger partial charge >= 0.3 is 5.97 Å². The fourth-order valence-electron chi connectivity index (χ4n) is 1.36. The quantitative estimate of drug-likeness (QED) is 0.826. The zero-order chi connectivity index (χ0) is 11.5. The smallest absolute Gasteiger partial charge is 0.355 e. The van der Waals surface area contributed by atoms with E-state index in [1.165, 1.54) is 17.5 Å². The van der Waals surface area contributed by atoms with E-state index in [0.29, 0.717) is 16.0 Å². The second kappa shape index (κ2) is 4.24. The fourth-order valence-corrected chi connectivity index (χ4v) is 2.07. The number of aromatic carboxylic acids is 1. The summed E-state index contributed by atoms with van der Waals surface area (Å²) >= 11 is 1.28. The van der Waals surface area contributed by atoms with Gasteiger partial charge in [-0.3, -0.25) is 4.79 Å². The van der Waals surface area contributed by atoms with Gasteiger partial charge in [0.15, 0.2) is 12.0 Å². The maximum absolute atomic E-state index is 10.9. The van der Waals surface area contributed by atoms with Gasteiger partial charge < -0.3 is 5.11 Å². The standard InChI is InChI=1S/C11H7NO3S/c13-5-8-4-7(6-16-8)9-2-1-3-12-10(9)11(14)15/h1-6H,(H,14,15). The van der Waals surface area contributed by atoms with Crippen LogP contribution < -0.4 is 0 Å². The molecule has 80 valence electrons. The Labute approximate surface area is 95.2 Å². The van der Waals surface area contributed by atoms with Crippen LogP contribution >= 0.6 is 11.3 Å². The first-order chi connectivity index (χ1) is 7.72. The van der Waals surface area contributed by atoms with Crippen molar-refractivity contribution < 1.29 is 14.7 Å². The Morgan fingerprint density at radius 3 is 2.94 bits per heavy atom. The third-order valence-electron chi connectivity index (χ3n) is 2.06. The summed E-state index contributed by atoms with van der Waals surface area (Å²) in [5, 5.41) is 10.7. The second-order valence-corrected chi connectivity index (χ2v) is 4.00. The van der Waals surface area contributed by atoms with Crippen LogP contribution in [0.4, 0.5) is 0 Å². The first-order valence-corrected chi connectivity index (χ1v) is 5.32. The molecule has 0 saturated carbocycles. The monoisotopic (exact) mass is 233 g/mol. The SMILES string of the molecule is O=Cc1cc(-c2cccnc2C(=O)O)cs1. The minimum atomic E-state index is -1.07. The number of rotatable bonds is 3. The summed E-state index contributed by atoms with van der Waals surface area (Å²) in [6.07, 6.45) is 2.17. The van der Waals surface area contributed by atoms with E-state index in [9.17, 15) is 9.59 Å². The minimum absolute atomic E-state index is 0.00208. The maximum Gasteiger partial charge on any atom is 0.355 e. The number of pyridine rings is 1. The summed E-state index contributed by atoms with van der Waals surface area (Å²) in [5.41, 5.74) is 1.23. The zero-order valence-electron chi connectivity index (χ0n) is 8.08. The Kier molecular flexibility index (Phi) is 2.78. The van der Waals surface area contributed by atoms with Gasteiger partial charge in [0.25, 0.3) is 0 Å². The number of carboxylic acids is 1. The predicted molar refractivity (Wildman–Crippen MR) is 59.9 cm³/mol. The number of carboxylic acid groups (broad SMARTS) is 1. The fraction of sp³-hybridized carbons (Fsp3) is 0. The molecule has 0 atom stereocenters. The lowest BCUT2D eigenvalue weighted by molar-refractivity contribution is 0.0691. The molecular formula is C11H7NO3S. The molecule has 0 fully saturated rings. The Morgan fingerprint density at radius 2 is 2.31 bits per heavy atom. The van der Waals surface area contributed by atoms with Crippen LogP contribution in [-0.2, 0) is 0 Å². The molecule has 5 heteroatoms. The molecule has 2 heterocycles. The van der Waals surface area contributed by atoms with Crippen LogP contribution in [0, 0.1) is 0 Å². The summed E-state index contributed by atoms with van der Waals surface area (Å²) in [6, 6.07) is 4.99. The summed E-state index contributed by atoms with van der Waals surface area (Å²) in [5.74, 6) is -1.07. The Bertz CT molecular complexity index is 548. The molecule has 0 amide bonds. The molecular weight excluding hydrogens is 226 g/mol. The van der Waals surface area contributed by atoms with Gasteiger partial charge in [-0.05, 0) is 23.1 Å². The molecule has 1 N–H and O–H groups in total. The highest BCUT2D eigenvalue weighted by Gasteiger charge is 2.13. The second-order valence-electron chi connectivity index (χ2n) is 3.06. The summed E-state index contributed by atoms with van der Waals surface area (Å²) in [7, 11) is 0. The van der Waals surface area contributed by atoms with Crippen molar-refractivity contribution in [3.63, 3.8) is 0 Å². The molecule has 2 aromatic rings. The van der Waals surface area contributed by atoms with Gasteiger partial charge in [0.05, 0.1) is 4.88 Å². The Hall–Kier alpha value is -2.01. The molecule has 0 spiro atoms. The van der Waals surface area contributed by atoms with Crippen molar-refractivity contribution in [3.8, 4) is 11.1 Å². The van der Waals surface area contributed by atoms with E-state index in [1.807, 2.05) is 0 Å². The van der Waals surface area contributed by atoms with Gasteiger partial charge in [0.2, 0.25) is 0 Å². The summed E-state index contributed by atoms with van der Waals surface area (Å²) in [4.78, 5) is 25.9. The van der Waals surface area contributed by atoms with Crippen molar-refractivity contribution in [2.45, 2.75) is 0 Å². The molecule has 0 aliphatic rings. The Morgan fingerprint density at radius 1 is 1.50 bits per heavy atom. The van der Waals surface area contributed by atoms with Crippen LogP contribution in [0.25, 0.3) is 11.1 Å². The lowest BCUT2D eigenvalue weighted by Gasteiger charge is -2.01. The molecule has 2 aromatic heterocycles. The predicted octanol–water partition coefficient (Wildman–Crippen LogP) is 2.32. The topological polar surface area (TPSA) is 67.3 Å². The van der Waals surface area contributed by atoms with Crippen LogP contribution in [0.2, 0.25) is 0 Å². The van der Waals surface area contributed by atoms with Crippen LogP contribution in [-0.4, -0.2) is 22.3 Å². The molecule has 0 aromatic carbocycles. The van der Waals surface area contributed by atoms with Crippen molar-refractivity contribution in [2.24, 2.45) is 0 Å². The number of thiophene rings is 1. The van der Waals surface area contributed by atoms with Crippen LogP contribution in [0.15, 0.2) is 29.8 Å². The largest absolute Gasteiger partial charge is 0.476 e. The number of carbonyl (C=O) groups is 2. The van der Waals surface area contributed by atoms with Gasteiger partial charge in [-0.25, -0.2) is 9.78 Å². The summed E-state index contributed by atoms with van der Waals surface area (Å²) < 4.78 is 0. The van der Waals surface area contributed by atoms with E-state index in [0.717, 1.165) is 6.29 Å². The number of carbonyl (C=O) groups excluding carboxylic acids is 1. The number of nitrogens with zero attached hydrogens (tertiary/aromatic N) is 1. The van der Waals surface area contributed by atoms with Crippen molar-refractivity contribution in [2.75, 3.05) is 0 Å². The van der Waals surface area contributed by atoms with E-state index >= 15 is 0 Å². The van der Waals surface area contributed by atoms with Crippen molar-refractivity contribution in [3.05, 3.63) is 40.3 Å². The van der Waals surface area contributed by atoms with Gasteiger partial charge in [0, 0.05) is 11.8 Å². The molecule has 16 heavy (non-hydrogen) atoms.